The van der Waals surface area contributed by atoms with E-state index in [4.69, 9.17) is 21.3 Å². The molecule has 0 aliphatic carbocycles. The molecule has 0 radical (unpaired) electrons. The fraction of sp³-hybridized carbons (Fsp3) is 0.154. The van der Waals surface area contributed by atoms with Crippen LogP contribution >= 0.6 is 11.6 Å². The summed E-state index contributed by atoms with van der Waals surface area (Å²) in [6, 6.07) is 8.28. The Labute approximate surface area is 117 Å². The fourth-order valence-corrected chi connectivity index (χ4v) is 1.89. The van der Waals surface area contributed by atoms with E-state index in [9.17, 15) is 13.2 Å². The van der Waals surface area contributed by atoms with Crippen LogP contribution in [0.4, 0.5) is 18.9 Å². The Morgan fingerprint density at radius 2 is 2.00 bits per heavy atom. The van der Waals surface area contributed by atoms with Gasteiger partial charge < -0.3 is 9.73 Å². The second-order valence-corrected chi connectivity index (χ2v) is 4.30. The van der Waals surface area contributed by atoms with Crippen molar-refractivity contribution < 1.29 is 17.6 Å². The van der Waals surface area contributed by atoms with Crippen LogP contribution in [0.1, 0.15) is 17.1 Å². The van der Waals surface area contributed by atoms with Crippen LogP contribution in [0.3, 0.4) is 0 Å². The Bertz CT molecular complexity index is 658. The van der Waals surface area contributed by atoms with Gasteiger partial charge in [0.15, 0.2) is 0 Å². The molecule has 104 valence electrons. The highest BCUT2D eigenvalue weighted by atomic mass is 35.5. The second kappa shape index (κ2) is 5.47. The monoisotopic (exact) mass is 300 g/mol. The molecular formula is C13H8ClF3N2O. The van der Waals surface area contributed by atoms with Gasteiger partial charge in [-0.1, -0.05) is 17.7 Å². The van der Waals surface area contributed by atoms with Crippen molar-refractivity contribution in [2.45, 2.75) is 12.7 Å². The lowest BCUT2D eigenvalue weighted by Gasteiger charge is -2.15. The van der Waals surface area contributed by atoms with E-state index in [1.165, 1.54) is 24.3 Å². The van der Waals surface area contributed by atoms with Crippen LogP contribution in [0.2, 0.25) is 5.02 Å². The number of nitrogens with zero attached hydrogens (tertiary/aromatic N) is 1. The van der Waals surface area contributed by atoms with Crippen LogP contribution in [0.15, 0.2) is 34.7 Å². The van der Waals surface area contributed by atoms with Crippen molar-refractivity contribution in [3.05, 3.63) is 52.4 Å². The lowest BCUT2D eigenvalue weighted by molar-refractivity contribution is -0.137. The number of para-hydroxylation sites is 1. The maximum atomic E-state index is 12.8. The van der Waals surface area contributed by atoms with Gasteiger partial charge in [0.25, 0.3) is 0 Å². The number of hydrogen-bond donors (Lipinski definition) is 1. The Kier molecular flexibility index (Phi) is 3.91. The summed E-state index contributed by atoms with van der Waals surface area (Å²) < 4.78 is 43.6. The number of nitrogens with one attached hydrogen (secondary N) is 1. The number of anilines is 1. The zero-order valence-corrected chi connectivity index (χ0v) is 10.7. The van der Waals surface area contributed by atoms with Crippen molar-refractivity contribution in [1.29, 1.82) is 5.26 Å². The molecule has 1 N–H and O–H groups in total. The van der Waals surface area contributed by atoms with Crippen LogP contribution in [0.5, 0.6) is 0 Å². The third-order valence-corrected chi connectivity index (χ3v) is 2.85. The summed E-state index contributed by atoms with van der Waals surface area (Å²) in [6.45, 7) is -0.00546. The molecule has 0 saturated heterocycles. The zero-order valence-electron chi connectivity index (χ0n) is 9.96. The number of rotatable bonds is 3. The van der Waals surface area contributed by atoms with E-state index < -0.39 is 11.7 Å². The van der Waals surface area contributed by atoms with Crippen LogP contribution < -0.4 is 5.32 Å². The van der Waals surface area contributed by atoms with Gasteiger partial charge in [-0.15, -0.1) is 0 Å². The smallest absolute Gasteiger partial charge is 0.418 e. The summed E-state index contributed by atoms with van der Waals surface area (Å²) in [4.78, 5) is 0. The molecule has 2 rings (SSSR count). The zero-order chi connectivity index (χ0) is 14.8. The molecule has 0 saturated carbocycles. The number of furan rings is 1. The molecule has 7 heteroatoms. The molecule has 0 aliphatic heterocycles. The van der Waals surface area contributed by atoms with Crippen molar-refractivity contribution in [2.24, 2.45) is 0 Å². The van der Waals surface area contributed by atoms with Crippen LogP contribution in [-0.4, -0.2) is 0 Å². The topological polar surface area (TPSA) is 49.0 Å². The third-order valence-electron chi connectivity index (χ3n) is 2.53. The van der Waals surface area contributed by atoms with Crippen molar-refractivity contribution in [1.82, 2.24) is 0 Å². The minimum atomic E-state index is -4.51. The van der Waals surface area contributed by atoms with Crippen molar-refractivity contribution in [3.63, 3.8) is 0 Å². The Morgan fingerprint density at radius 1 is 1.25 bits per heavy atom. The first kappa shape index (κ1) is 14.3. The molecule has 0 atom stereocenters. The van der Waals surface area contributed by atoms with E-state index in [1.54, 1.807) is 6.07 Å². The molecular weight excluding hydrogens is 293 g/mol. The lowest BCUT2D eigenvalue weighted by atomic mass is 10.1. The summed E-state index contributed by atoms with van der Waals surface area (Å²) >= 11 is 5.79. The van der Waals surface area contributed by atoms with Gasteiger partial charge in [0.05, 0.1) is 22.8 Å². The highest BCUT2D eigenvalue weighted by molar-refractivity contribution is 6.33. The summed E-state index contributed by atoms with van der Waals surface area (Å²) in [5.41, 5.74) is -1.06. The molecule has 2 aromatic rings. The van der Waals surface area contributed by atoms with Crippen LogP contribution in [-0.2, 0) is 12.7 Å². The maximum absolute atomic E-state index is 12.8. The number of halogens is 4. The van der Waals surface area contributed by atoms with E-state index in [2.05, 4.69) is 5.32 Å². The second-order valence-electron chi connectivity index (χ2n) is 3.89. The van der Waals surface area contributed by atoms with E-state index in [0.717, 1.165) is 6.07 Å². The fourth-order valence-electron chi connectivity index (χ4n) is 1.65. The maximum Gasteiger partial charge on any atom is 0.418 e. The summed E-state index contributed by atoms with van der Waals surface area (Å²) in [7, 11) is 0. The molecule has 0 bridgehead atoms. The first-order valence-electron chi connectivity index (χ1n) is 5.50. The van der Waals surface area contributed by atoms with Crippen LogP contribution in [0.25, 0.3) is 0 Å². The normalized spacial score (nSPS) is 11.2. The summed E-state index contributed by atoms with van der Waals surface area (Å²) in [5, 5.41) is 11.1. The molecule has 0 unspecified atom stereocenters. The first-order chi connectivity index (χ1) is 9.41. The standard InChI is InChI=1S/C13H8ClF3N2O/c14-11-3-1-2-10(13(15,16)17)12(11)19-7-9-5-4-8(6-18)20-9/h1-5,19H,7H2. The predicted octanol–water partition coefficient (Wildman–Crippen LogP) is 4.44. The molecule has 0 spiro atoms. The summed E-state index contributed by atoms with van der Waals surface area (Å²) in [5.74, 6) is 0.437. The van der Waals surface area contributed by atoms with Crippen molar-refractivity contribution in [3.8, 4) is 6.07 Å². The molecule has 3 nitrogen and oxygen atoms in total. The van der Waals surface area contributed by atoms with Gasteiger partial charge in [0, 0.05) is 0 Å². The average Bonchev–Trinajstić information content (AvgIpc) is 2.84. The van der Waals surface area contributed by atoms with E-state index >= 15 is 0 Å². The van der Waals surface area contributed by atoms with Gasteiger partial charge in [0.1, 0.15) is 11.8 Å². The summed E-state index contributed by atoms with van der Waals surface area (Å²) in [6.07, 6.45) is -4.51. The van der Waals surface area contributed by atoms with Crippen molar-refractivity contribution in [2.75, 3.05) is 5.32 Å². The number of alkyl halides is 3. The number of hydrogen-bond acceptors (Lipinski definition) is 3. The van der Waals surface area contributed by atoms with Gasteiger partial charge in [-0.2, -0.15) is 18.4 Å². The highest BCUT2D eigenvalue weighted by Gasteiger charge is 2.34. The Morgan fingerprint density at radius 3 is 2.60 bits per heavy atom. The van der Waals surface area contributed by atoms with E-state index in [-0.39, 0.29) is 23.0 Å². The highest BCUT2D eigenvalue weighted by Crippen LogP contribution is 2.38. The van der Waals surface area contributed by atoms with Gasteiger partial charge in [-0.3, -0.25) is 0 Å². The van der Waals surface area contributed by atoms with Crippen LogP contribution in [0, 0.1) is 11.3 Å². The van der Waals surface area contributed by atoms with Gasteiger partial charge in [0.2, 0.25) is 5.76 Å². The number of nitriles is 1. The SMILES string of the molecule is N#Cc1ccc(CNc2c(Cl)cccc2C(F)(F)F)o1. The van der Waals surface area contributed by atoms with Crippen molar-refractivity contribution >= 4 is 17.3 Å². The molecule has 0 fully saturated rings. The molecule has 1 heterocycles. The third kappa shape index (κ3) is 3.06. The van der Waals surface area contributed by atoms with Gasteiger partial charge in [-0.05, 0) is 24.3 Å². The minimum Gasteiger partial charge on any atom is -0.449 e. The predicted molar refractivity (Wildman–Crippen MR) is 67.2 cm³/mol. The average molecular weight is 301 g/mol. The quantitative estimate of drug-likeness (QED) is 0.912. The molecule has 1 aromatic heterocycles. The van der Waals surface area contributed by atoms with E-state index in [0.29, 0.717) is 5.76 Å². The molecule has 1 aromatic carbocycles. The minimum absolute atomic E-state index is 0.00546. The molecule has 0 amide bonds. The van der Waals surface area contributed by atoms with Gasteiger partial charge in [-0.25, -0.2) is 0 Å². The molecule has 20 heavy (non-hydrogen) atoms. The molecule has 0 aliphatic rings. The van der Waals surface area contributed by atoms with E-state index in [1.807, 2.05) is 0 Å². The lowest BCUT2D eigenvalue weighted by Crippen LogP contribution is -2.11. The Balaban J connectivity index is 2.23. The largest absolute Gasteiger partial charge is 0.449 e. The Hall–Kier alpha value is -2.13. The van der Waals surface area contributed by atoms with Gasteiger partial charge >= 0.3 is 6.18 Å². The first-order valence-corrected chi connectivity index (χ1v) is 5.88. The number of benzene rings is 1.